The molecule has 0 aliphatic heterocycles. The smallest absolute Gasteiger partial charge is 0.240 e. The average Bonchev–Trinajstić information content (AvgIpc) is 3.08. The largest absolute Gasteiger partial charge is 0.301 e. The predicted molar refractivity (Wildman–Crippen MR) is 101 cm³/mol. The van der Waals surface area contributed by atoms with Gasteiger partial charge in [-0.3, -0.25) is 0 Å². The Hall–Kier alpha value is -1.21. The second-order valence-corrected chi connectivity index (χ2v) is 8.81. The van der Waals surface area contributed by atoms with Gasteiger partial charge >= 0.3 is 0 Å². The van der Waals surface area contributed by atoms with Crippen molar-refractivity contribution < 1.29 is 8.42 Å². The number of hydrogen-bond acceptors (Lipinski definition) is 4. The number of likely N-dealkylation sites (N-methyl/N-ethyl adjacent to an activating group) is 1. The van der Waals surface area contributed by atoms with E-state index in [1.54, 1.807) is 23.5 Å². The van der Waals surface area contributed by atoms with Crippen molar-refractivity contribution in [3.63, 3.8) is 0 Å². The summed E-state index contributed by atoms with van der Waals surface area (Å²) in [6.07, 6.45) is 1.04. The highest BCUT2D eigenvalue weighted by Gasteiger charge is 2.20. The second kappa shape index (κ2) is 8.25. The molecule has 0 radical (unpaired) electrons. The van der Waals surface area contributed by atoms with E-state index in [1.807, 2.05) is 42.6 Å². The number of thiophene rings is 1. The summed E-state index contributed by atoms with van der Waals surface area (Å²) in [6, 6.07) is 9.25. The van der Waals surface area contributed by atoms with E-state index in [1.165, 1.54) is 5.56 Å². The average molecular weight is 367 g/mol. The van der Waals surface area contributed by atoms with Crippen LogP contribution in [-0.2, 0) is 10.0 Å². The highest BCUT2D eigenvalue weighted by atomic mass is 32.2. The molecular formula is C18H26N2O2S2. The molecular weight excluding hydrogens is 340 g/mol. The SMILES string of the molecule is CCC(C)c1ccc(S(=O)(=O)NCC(c2ccsc2)N(C)C)cc1. The van der Waals surface area contributed by atoms with E-state index in [0.717, 1.165) is 12.0 Å². The monoisotopic (exact) mass is 366 g/mol. The first-order valence-electron chi connectivity index (χ1n) is 8.13. The van der Waals surface area contributed by atoms with Crippen LogP contribution in [0.25, 0.3) is 0 Å². The van der Waals surface area contributed by atoms with Crippen LogP contribution in [0.15, 0.2) is 46.0 Å². The highest BCUT2D eigenvalue weighted by Crippen LogP contribution is 2.22. The summed E-state index contributed by atoms with van der Waals surface area (Å²) in [4.78, 5) is 2.34. The van der Waals surface area contributed by atoms with Crippen LogP contribution in [0.1, 0.15) is 43.4 Å². The summed E-state index contributed by atoms with van der Waals surface area (Å²) in [5.74, 6) is 0.437. The molecule has 0 bridgehead atoms. The summed E-state index contributed by atoms with van der Waals surface area (Å²) in [6.45, 7) is 4.62. The minimum atomic E-state index is -3.50. The van der Waals surface area contributed by atoms with Crippen molar-refractivity contribution in [1.29, 1.82) is 0 Å². The summed E-state index contributed by atoms with van der Waals surface area (Å²) < 4.78 is 27.8. The Kier molecular flexibility index (Phi) is 6.57. The fourth-order valence-corrected chi connectivity index (χ4v) is 4.29. The van der Waals surface area contributed by atoms with E-state index in [9.17, 15) is 8.42 Å². The molecule has 2 atom stereocenters. The Morgan fingerprint density at radius 2 is 1.79 bits per heavy atom. The maximum absolute atomic E-state index is 12.6. The zero-order valence-electron chi connectivity index (χ0n) is 14.7. The lowest BCUT2D eigenvalue weighted by molar-refractivity contribution is 0.300. The van der Waals surface area contributed by atoms with E-state index in [2.05, 4.69) is 23.9 Å². The van der Waals surface area contributed by atoms with Gasteiger partial charge in [0.1, 0.15) is 0 Å². The first-order valence-corrected chi connectivity index (χ1v) is 10.6. The van der Waals surface area contributed by atoms with Crippen LogP contribution >= 0.6 is 11.3 Å². The van der Waals surface area contributed by atoms with Gasteiger partial charge in [0.15, 0.2) is 0 Å². The predicted octanol–water partition coefficient (Wildman–Crippen LogP) is 3.84. The van der Waals surface area contributed by atoms with Crippen molar-refractivity contribution in [3.8, 4) is 0 Å². The highest BCUT2D eigenvalue weighted by molar-refractivity contribution is 7.89. The third kappa shape index (κ3) is 4.66. The Bertz CT molecular complexity index is 723. The maximum atomic E-state index is 12.6. The zero-order valence-corrected chi connectivity index (χ0v) is 16.3. The fourth-order valence-electron chi connectivity index (χ4n) is 2.55. The van der Waals surface area contributed by atoms with Gasteiger partial charge in [-0.05, 0) is 66.5 Å². The Morgan fingerprint density at radius 3 is 2.29 bits per heavy atom. The minimum absolute atomic E-state index is 0.0189. The molecule has 1 aromatic heterocycles. The first kappa shape index (κ1) is 19.1. The molecule has 0 saturated carbocycles. The summed E-state index contributed by atoms with van der Waals surface area (Å²) >= 11 is 1.62. The molecule has 2 rings (SSSR count). The minimum Gasteiger partial charge on any atom is -0.301 e. The van der Waals surface area contributed by atoms with Crippen LogP contribution in [0.3, 0.4) is 0 Å². The van der Waals surface area contributed by atoms with Crippen LogP contribution in [-0.4, -0.2) is 34.0 Å². The van der Waals surface area contributed by atoms with Gasteiger partial charge in [-0.2, -0.15) is 11.3 Å². The van der Waals surface area contributed by atoms with Crippen LogP contribution in [0.4, 0.5) is 0 Å². The summed E-state index contributed by atoms with van der Waals surface area (Å²) in [5.41, 5.74) is 2.29. The first-order chi connectivity index (χ1) is 11.3. The van der Waals surface area contributed by atoms with E-state index < -0.39 is 10.0 Å². The molecule has 0 aliphatic carbocycles. The lowest BCUT2D eigenvalue weighted by atomic mass is 9.99. The zero-order chi connectivity index (χ0) is 17.7. The number of nitrogens with one attached hydrogen (secondary N) is 1. The molecule has 24 heavy (non-hydrogen) atoms. The van der Waals surface area contributed by atoms with Crippen molar-refractivity contribution in [2.24, 2.45) is 0 Å². The molecule has 0 aliphatic rings. The maximum Gasteiger partial charge on any atom is 0.240 e. The van der Waals surface area contributed by atoms with E-state index >= 15 is 0 Å². The Morgan fingerprint density at radius 1 is 1.12 bits per heavy atom. The lowest BCUT2D eigenvalue weighted by Gasteiger charge is -2.24. The molecule has 0 spiro atoms. The van der Waals surface area contributed by atoms with Crippen molar-refractivity contribution in [3.05, 3.63) is 52.2 Å². The van der Waals surface area contributed by atoms with Crippen molar-refractivity contribution in [1.82, 2.24) is 9.62 Å². The molecule has 4 nitrogen and oxygen atoms in total. The van der Waals surface area contributed by atoms with Gasteiger partial charge in [-0.1, -0.05) is 26.0 Å². The van der Waals surface area contributed by atoms with Crippen LogP contribution in [0.5, 0.6) is 0 Å². The number of benzene rings is 1. The van der Waals surface area contributed by atoms with E-state index in [-0.39, 0.29) is 6.04 Å². The number of nitrogens with zero attached hydrogens (tertiary/aromatic N) is 1. The molecule has 2 unspecified atom stereocenters. The van der Waals surface area contributed by atoms with Crippen LogP contribution in [0, 0.1) is 0 Å². The fraction of sp³-hybridized carbons (Fsp3) is 0.444. The lowest BCUT2D eigenvalue weighted by Crippen LogP contribution is -2.34. The van der Waals surface area contributed by atoms with Crippen molar-refractivity contribution >= 4 is 21.4 Å². The molecule has 1 aromatic carbocycles. The Balaban J connectivity index is 2.10. The second-order valence-electron chi connectivity index (χ2n) is 6.27. The third-order valence-corrected chi connectivity index (χ3v) is 6.53. The van der Waals surface area contributed by atoms with E-state index in [4.69, 9.17) is 0 Å². The van der Waals surface area contributed by atoms with E-state index in [0.29, 0.717) is 17.4 Å². The van der Waals surface area contributed by atoms with Gasteiger partial charge in [0.05, 0.1) is 4.90 Å². The van der Waals surface area contributed by atoms with Crippen LogP contribution < -0.4 is 4.72 Å². The summed E-state index contributed by atoms with van der Waals surface area (Å²) in [5, 5.41) is 4.06. The summed E-state index contributed by atoms with van der Waals surface area (Å²) in [7, 11) is 0.409. The molecule has 1 heterocycles. The van der Waals surface area contributed by atoms with Gasteiger partial charge < -0.3 is 4.90 Å². The third-order valence-electron chi connectivity index (χ3n) is 4.39. The molecule has 132 valence electrons. The topological polar surface area (TPSA) is 49.4 Å². The van der Waals surface area contributed by atoms with Gasteiger partial charge in [-0.25, -0.2) is 13.1 Å². The standard InChI is InChI=1S/C18H26N2O2S2/c1-5-14(2)15-6-8-17(9-7-15)24(21,22)19-12-18(20(3)4)16-10-11-23-13-16/h6-11,13-14,18-19H,5,12H2,1-4H3. The number of sulfonamides is 1. The van der Waals surface area contributed by atoms with Crippen molar-refractivity contribution in [2.45, 2.75) is 37.1 Å². The van der Waals surface area contributed by atoms with Crippen molar-refractivity contribution in [2.75, 3.05) is 20.6 Å². The number of hydrogen-bond donors (Lipinski definition) is 1. The molecule has 6 heteroatoms. The van der Waals surface area contributed by atoms with Gasteiger partial charge in [-0.15, -0.1) is 0 Å². The normalized spacial score (nSPS) is 14.7. The Labute approximate surface area is 149 Å². The van der Waals surface area contributed by atoms with Gasteiger partial charge in [0.25, 0.3) is 0 Å². The molecule has 0 amide bonds. The molecule has 0 fully saturated rings. The van der Waals surface area contributed by atoms with Gasteiger partial charge in [0.2, 0.25) is 10.0 Å². The molecule has 2 aromatic rings. The van der Waals surface area contributed by atoms with Gasteiger partial charge in [0, 0.05) is 12.6 Å². The quantitative estimate of drug-likeness (QED) is 0.772. The van der Waals surface area contributed by atoms with Crippen LogP contribution in [0.2, 0.25) is 0 Å². The molecule has 1 N–H and O–H groups in total. The molecule has 0 saturated heterocycles. The number of rotatable bonds is 8.